The summed E-state index contributed by atoms with van der Waals surface area (Å²) in [6.45, 7) is 14.1. The van der Waals surface area contributed by atoms with Crippen LogP contribution in [0.3, 0.4) is 0 Å². The van der Waals surface area contributed by atoms with E-state index in [0.29, 0.717) is 36.3 Å². The molecule has 6 rings (SSSR count). The Labute approximate surface area is 394 Å². The van der Waals surface area contributed by atoms with Gasteiger partial charge >= 0.3 is 0 Å². The van der Waals surface area contributed by atoms with Crippen molar-refractivity contribution < 1.29 is 33.7 Å². The van der Waals surface area contributed by atoms with Gasteiger partial charge in [-0.05, 0) is 74.4 Å². The molecular formula is C49H62BrN7O7S. The zero-order valence-corrected chi connectivity index (χ0v) is 41.0. The van der Waals surface area contributed by atoms with Crippen LogP contribution in [0.5, 0.6) is 17.2 Å². The highest BCUT2D eigenvalue weighted by Crippen LogP contribution is 2.36. The van der Waals surface area contributed by atoms with E-state index in [-0.39, 0.29) is 37.4 Å². The molecule has 0 spiro atoms. The highest BCUT2D eigenvalue weighted by atomic mass is 79.9. The van der Waals surface area contributed by atoms with Crippen molar-refractivity contribution in [2.24, 2.45) is 5.41 Å². The molecule has 0 bridgehead atoms. The average Bonchev–Trinajstić information content (AvgIpc) is 3.88. The van der Waals surface area contributed by atoms with Crippen LogP contribution in [0.4, 0.5) is 5.82 Å². The SMILES string of the molecule is COc1cc2c(N[C@H](C)c3cccc(Br)c3)nc(C)nc2cc1OCCCCCCCOc1cc(-c2scnc2C)ccc1CNC(=O)[C@@H]1C[C@@H](O)CN1C(=O)[C@@H](NC(C)=O)C(C)(C)C. The van der Waals surface area contributed by atoms with Gasteiger partial charge in [-0.3, -0.25) is 14.4 Å². The van der Waals surface area contributed by atoms with E-state index in [9.17, 15) is 19.5 Å². The summed E-state index contributed by atoms with van der Waals surface area (Å²) < 4.78 is 19.4. The number of aryl methyl sites for hydroxylation is 2. The highest BCUT2D eigenvalue weighted by molar-refractivity contribution is 9.10. The summed E-state index contributed by atoms with van der Waals surface area (Å²) in [6, 6.07) is 16.3. The van der Waals surface area contributed by atoms with E-state index in [1.54, 1.807) is 18.4 Å². The summed E-state index contributed by atoms with van der Waals surface area (Å²) >= 11 is 5.13. The van der Waals surface area contributed by atoms with Gasteiger partial charge in [-0.1, -0.05) is 80.2 Å². The first-order valence-electron chi connectivity index (χ1n) is 22.2. The summed E-state index contributed by atoms with van der Waals surface area (Å²) in [5.74, 6) is 2.20. The number of carbonyl (C=O) groups is 3. The second kappa shape index (κ2) is 22.2. The van der Waals surface area contributed by atoms with Gasteiger partial charge in [0, 0.05) is 47.9 Å². The molecule has 4 N–H and O–H groups in total. The number of unbranched alkanes of at least 4 members (excludes halogenated alkanes) is 4. The molecule has 0 aliphatic carbocycles. The van der Waals surface area contributed by atoms with Gasteiger partial charge in [-0.2, -0.15) is 0 Å². The van der Waals surface area contributed by atoms with Crippen molar-refractivity contribution in [3.8, 4) is 27.7 Å². The van der Waals surface area contributed by atoms with Gasteiger partial charge in [0.2, 0.25) is 17.7 Å². The lowest BCUT2D eigenvalue weighted by Gasteiger charge is -2.35. The molecule has 4 atom stereocenters. The Morgan fingerprint density at radius 1 is 0.954 bits per heavy atom. The molecule has 1 fully saturated rings. The zero-order chi connectivity index (χ0) is 46.8. The van der Waals surface area contributed by atoms with E-state index in [0.717, 1.165) is 80.6 Å². The molecule has 16 heteroatoms. The number of halogens is 1. The molecule has 1 saturated heterocycles. The fraction of sp³-hybridized carbons (Fsp3) is 0.469. The molecule has 1 aliphatic heterocycles. The number of likely N-dealkylation sites (tertiary alicyclic amines) is 1. The number of methoxy groups -OCH3 is 1. The van der Waals surface area contributed by atoms with E-state index in [1.165, 1.54) is 11.8 Å². The summed E-state index contributed by atoms with van der Waals surface area (Å²) in [7, 11) is 1.64. The quantitative estimate of drug-likeness (QED) is 0.0548. The zero-order valence-electron chi connectivity index (χ0n) is 38.6. The molecule has 5 aromatic rings. The van der Waals surface area contributed by atoms with Gasteiger partial charge in [0.05, 0.1) is 54.1 Å². The number of thiazole rings is 1. The Balaban J connectivity index is 1.01. The number of amides is 3. The molecule has 3 amide bonds. The lowest BCUT2D eigenvalue weighted by Crippen LogP contribution is -2.57. The number of β-amino-alcohol motifs (C(OH)–C–C–N with tert-alkyl or cyclic N) is 1. The van der Waals surface area contributed by atoms with Crippen LogP contribution >= 0.6 is 27.3 Å². The van der Waals surface area contributed by atoms with Crippen LogP contribution in [0.15, 0.2) is 64.6 Å². The largest absolute Gasteiger partial charge is 0.493 e. The number of rotatable bonds is 20. The number of benzene rings is 3. The smallest absolute Gasteiger partial charge is 0.246 e. The Kier molecular flexibility index (Phi) is 16.8. The third-order valence-corrected chi connectivity index (χ3v) is 12.9. The van der Waals surface area contributed by atoms with Crippen molar-refractivity contribution in [3.05, 3.63) is 87.2 Å². The van der Waals surface area contributed by atoms with E-state index >= 15 is 0 Å². The number of nitrogens with zero attached hydrogens (tertiary/aromatic N) is 4. The van der Waals surface area contributed by atoms with Crippen molar-refractivity contribution in [2.45, 2.75) is 118 Å². The lowest BCUT2D eigenvalue weighted by molar-refractivity contribution is -0.143. The van der Waals surface area contributed by atoms with Crippen molar-refractivity contribution in [1.29, 1.82) is 0 Å². The van der Waals surface area contributed by atoms with Crippen LogP contribution in [-0.4, -0.2) is 87.7 Å². The minimum Gasteiger partial charge on any atom is -0.493 e. The minimum atomic E-state index is -0.883. The Hall–Kier alpha value is -5.32. The number of fused-ring (bicyclic) bond motifs is 1. The van der Waals surface area contributed by atoms with Crippen LogP contribution in [-0.2, 0) is 20.9 Å². The molecule has 1 aliphatic rings. The number of aromatic nitrogens is 3. The topological polar surface area (TPSA) is 177 Å². The van der Waals surface area contributed by atoms with Crippen LogP contribution < -0.4 is 30.2 Å². The summed E-state index contributed by atoms with van der Waals surface area (Å²) in [6.07, 6.45) is 3.90. The molecule has 65 heavy (non-hydrogen) atoms. The van der Waals surface area contributed by atoms with Crippen molar-refractivity contribution in [1.82, 2.24) is 30.5 Å². The average molecular weight is 973 g/mol. The van der Waals surface area contributed by atoms with Crippen LogP contribution in [0.1, 0.15) is 102 Å². The molecular weight excluding hydrogens is 911 g/mol. The molecule has 3 aromatic carbocycles. The van der Waals surface area contributed by atoms with Crippen molar-refractivity contribution in [3.63, 3.8) is 0 Å². The number of aliphatic hydroxyl groups excluding tert-OH is 1. The van der Waals surface area contributed by atoms with Gasteiger partial charge in [-0.25, -0.2) is 15.0 Å². The third kappa shape index (κ3) is 12.9. The second-order valence-electron chi connectivity index (χ2n) is 17.7. The number of ether oxygens (including phenoxy) is 3. The Morgan fingerprint density at radius 2 is 1.68 bits per heavy atom. The molecule has 3 heterocycles. The number of nitrogens with one attached hydrogen (secondary N) is 3. The summed E-state index contributed by atoms with van der Waals surface area (Å²) in [4.78, 5) is 55.7. The van der Waals surface area contributed by atoms with Gasteiger partial charge in [-0.15, -0.1) is 11.3 Å². The number of anilines is 1. The number of hydrogen-bond acceptors (Lipinski definition) is 12. The minimum absolute atomic E-state index is 0.00938. The molecule has 0 unspecified atom stereocenters. The maximum Gasteiger partial charge on any atom is 0.246 e. The van der Waals surface area contributed by atoms with E-state index in [1.807, 2.05) is 82.6 Å². The van der Waals surface area contributed by atoms with E-state index < -0.39 is 29.5 Å². The Bertz CT molecular complexity index is 2460. The first kappa shape index (κ1) is 49.1. The normalized spacial score (nSPS) is 15.9. The van der Waals surface area contributed by atoms with E-state index in [2.05, 4.69) is 55.9 Å². The number of hydrogen-bond donors (Lipinski definition) is 4. The molecule has 0 radical (unpaired) electrons. The van der Waals surface area contributed by atoms with Crippen molar-refractivity contribution >= 4 is 61.7 Å². The van der Waals surface area contributed by atoms with Crippen LogP contribution in [0, 0.1) is 19.3 Å². The molecule has 348 valence electrons. The molecule has 2 aromatic heterocycles. The first-order valence-corrected chi connectivity index (χ1v) is 23.9. The monoisotopic (exact) mass is 971 g/mol. The maximum absolute atomic E-state index is 13.7. The molecule has 14 nitrogen and oxygen atoms in total. The molecule has 0 saturated carbocycles. The van der Waals surface area contributed by atoms with Gasteiger partial charge in [0.15, 0.2) is 11.5 Å². The van der Waals surface area contributed by atoms with Crippen LogP contribution in [0.2, 0.25) is 0 Å². The van der Waals surface area contributed by atoms with Crippen molar-refractivity contribution in [2.75, 3.05) is 32.2 Å². The number of carbonyl (C=O) groups excluding carboxylic acids is 3. The fourth-order valence-corrected chi connectivity index (χ4v) is 9.20. The predicted molar refractivity (Wildman–Crippen MR) is 258 cm³/mol. The van der Waals surface area contributed by atoms with Crippen LogP contribution in [0.25, 0.3) is 21.3 Å². The highest BCUT2D eigenvalue weighted by Gasteiger charge is 2.44. The third-order valence-electron chi connectivity index (χ3n) is 11.5. The lowest BCUT2D eigenvalue weighted by atomic mass is 9.85. The van der Waals surface area contributed by atoms with Gasteiger partial charge in [0.1, 0.15) is 29.5 Å². The summed E-state index contributed by atoms with van der Waals surface area (Å²) in [5, 5.41) is 20.7. The first-order chi connectivity index (χ1) is 31.0. The Morgan fingerprint density at radius 3 is 2.34 bits per heavy atom. The predicted octanol–water partition coefficient (Wildman–Crippen LogP) is 8.85. The van der Waals surface area contributed by atoms with Gasteiger partial charge < -0.3 is 40.2 Å². The standard InChI is InChI=1S/C49H62BrN7O7S/c1-29(33-15-14-16-36(50)21-33)53-46-38-24-42(62-8)43(25-39(38)54-31(3)55-46)64-20-13-11-9-10-12-19-63-41-22-34(44-30(2)52-28-65-44)17-18-35(41)26-51-47(60)40-23-37(59)27-57(40)48(61)45(49(5,6)7)56-32(4)58/h14-18,21-22,24-25,28-29,37,40,45,59H,9-13,19-20,23,26-27H2,1-8H3,(H,51,60)(H,56,58)(H,53,54,55)/t29-,37-,40+,45-/m1/s1. The fourth-order valence-electron chi connectivity index (χ4n) is 7.98. The number of aliphatic hydroxyl groups is 1. The van der Waals surface area contributed by atoms with E-state index in [4.69, 9.17) is 24.2 Å². The second-order valence-corrected chi connectivity index (χ2v) is 19.5. The summed E-state index contributed by atoms with van der Waals surface area (Å²) in [5.41, 5.74) is 5.81. The maximum atomic E-state index is 13.7. The van der Waals surface area contributed by atoms with Gasteiger partial charge in [0.25, 0.3) is 0 Å².